The maximum absolute atomic E-state index is 13.2. The van der Waals surface area contributed by atoms with Crippen LogP contribution in [-0.2, 0) is 9.59 Å². The minimum Gasteiger partial charge on any atom is -0.300 e. The second kappa shape index (κ2) is 7.65. The van der Waals surface area contributed by atoms with Crippen molar-refractivity contribution >= 4 is 11.6 Å². The molecule has 0 spiro atoms. The summed E-state index contributed by atoms with van der Waals surface area (Å²) in [4.78, 5) is 25.3. The van der Waals surface area contributed by atoms with E-state index in [1.807, 2.05) is 0 Å². The zero-order chi connectivity index (χ0) is 21.0. The lowest BCUT2D eigenvalue weighted by Gasteiger charge is -2.59. The molecule has 0 N–H and O–H groups in total. The first-order valence-corrected chi connectivity index (χ1v) is 12.4. The molecule has 4 saturated carbocycles. The number of carbonyl (C=O) groups excluding carboxylic acids is 2. The molecule has 2 heteroatoms. The third-order valence-electron chi connectivity index (χ3n) is 10.0. The van der Waals surface area contributed by atoms with Gasteiger partial charge in [0.05, 0.1) is 0 Å². The van der Waals surface area contributed by atoms with E-state index in [1.165, 1.54) is 32.1 Å². The Morgan fingerprint density at radius 3 is 2.41 bits per heavy atom. The molecule has 4 fully saturated rings. The summed E-state index contributed by atoms with van der Waals surface area (Å²) in [6.45, 7) is 11.9. The minimum absolute atomic E-state index is 0.0180. The number of hydrogen-bond acceptors (Lipinski definition) is 2. The highest BCUT2D eigenvalue weighted by atomic mass is 16.1. The SMILES string of the molecule is CC(C)CC=CC(C)C1CCC2C3CC(=O)C4CC(=O)CCC4(C)C3CCC12C. The number of allylic oxidation sites excluding steroid dienone is 2. The maximum Gasteiger partial charge on any atom is 0.137 e. The van der Waals surface area contributed by atoms with Gasteiger partial charge in [-0.1, -0.05) is 46.8 Å². The van der Waals surface area contributed by atoms with Crippen molar-refractivity contribution in [3.63, 3.8) is 0 Å². The van der Waals surface area contributed by atoms with Crippen LogP contribution in [0.5, 0.6) is 0 Å². The summed E-state index contributed by atoms with van der Waals surface area (Å²) < 4.78 is 0. The molecule has 4 rings (SSSR count). The van der Waals surface area contributed by atoms with Crippen LogP contribution in [0.3, 0.4) is 0 Å². The fourth-order valence-corrected chi connectivity index (χ4v) is 8.44. The number of ketones is 2. The molecule has 4 aliphatic rings. The van der Waals surface area contributed by atoms with Gasteiger partial charge in [0.25, 0.3) is 0 Å². The molecule has 162 valence electrons. The van der Waals surface area contributed by atoms with Gasteiger partial charge in [-0.3, -0.25) is 9.59 Å². The van der Waals surface area contributed by atoms with Crippen molar-refractivity contribution in [1.82, 2.24) is 0 Å². The molecule has 0 heterocycles. The van der Waals surface area contributed by atoms with Crippen molar-refractivity contribution in [1.29, 1.82) is 0 Å². The number of rotatable bonds is 4. The number of hydrogen-bond donors (Lipinski definition) is 0. The van der Waals surface area contributed by atoms with Crippen LogP contribution >= 0.6 is 0 Å². The molecule has 8 atom stereocenters. The van der Waals surface area contributed by atoms with Gasteiger partial charge in [-0.15, -0.1) is 0 Å². The summed E-state index contributed by atoms with van der Waals surface area (Å²) in [5.74, 6) is 4.79. The minimum atomic E-state index is 0.0180. The lowest BCUT2D eigenvalue weighted by molar-refractivity contribution is -0.158. The van der Waals surface area contributed by atoms with Crippen LogP contribution in [0.25, 0.3) is 0 Å². The molecule has 29 heavy (non-hydrogen) atoms. The summed E-state index contributed by atoms with van der Waals surface area (Å²) in [5, 5.41) is 0. The van der Waals surface area contributed by atoms with Crippen molar-refractivity contribution in [3.05, 3.63) is 12.2 Å². The van der Waals surface area contributed by atoms with Crippen molar-refractivity contribution in [2.75, 3.05) is 0 Å². The first kappa shape index (κ1) is 21.3. The summed E-state index contributed by atoms with van der Waals surface area (Å²) in [7, 11) is 0. The van der Waals surface area contributed by atoms with E-state index < -0.39 is 0 Å². The fraction of sp³-hybridized carbons (Fsp3) is 0.852. The molecule has 4 aliphatic carbocycles. The molecule has 0 aromatic rings. The molecule has 0 amide bonds. The molecule has 0 aromatic carbocycles. The lowest BCUT2D eigenvalue weighted by Crippen LogP contribution is -2.56. The van der Waals surface area contributed by atoms with Gasteiger partial charge >= 0.3 is 0 Å². The molecule has 2 nitrogen and oxygen atoms in total. The monoisotopic (exact) mass is 398 g/mol. The van der Waals surface area contributed by atoms with E-state index in [0.717, 1.165) is 24.7 Å². The highest BCUT2D eigenvalue weighted by molar-refractivity contribution is 5.90. The number of fused-ring (bicyclic) bond motifs is 5. The van der Waals surface area contributed by atoms with Gasteiger partial charge in [0.15, 0.2) is 0 Å². The van der Waals surface area contributed by atoms with Gasteiger partial charge in [-0.05, 0) is 84.9 Å². The van der Waals surface area contributed by atoms with Crippen LogP contribution < -0.4 is 0 Å². The van der Waals surface area contributed by atoms with E-state index in [0.29, 0.717) is 53.5 Å². The second-order valence-corrected chi connectivity index (χ2v) is 12.0. The Bertz CT molecular complexity index is 691. The Hall–Kier alpha value is -0.920. The Balaban J connectivity index is 1.55. The Labute approximate surface area is 178 Å². The summed E-state index contributed by atoms with van der Waals surface area (Å²) in [6.07, 6.45) is 14.2. The van der Waals surface area contributed by atoms with Gasteiger partial charge < -0.3 is 0 Å². The van der Waals surface area contributed by atoms with Gasteiger partial charge in [0, 0.05) is 25.2 Å². The first-order valence-electron chi connectivity index (χ1n) is 12.4. The van der Waals surface area contributed by atoms with E-state index in [9.17, 15) is 9.59 Å². The molecule has 0 aliphatic heterocycles. The van der Waals surface area contributed by atoms with E-state index in [-0.39, 0.29) is 11.3 Å². The van der Waals surface area contributed by atoms with Gasteiger partial charge in [-0.2, -0.15) is 0 Å². The topological polar surface area (TPSA) is 34.1 Å². The van der Waals surface area contributed by atoms with Crippen LogP contribution in [0, 0.1) is 52.3 Å². The third kappa shape index (κ3) is 3.47. The summed E-state index contributed by atoms with van der Waals surface area (Å²) in [6, 6.07) is 0. The number of Topliss-reactive ketones (excluding diaryl/α,β-unsaturated/α-hetero) is 2. The van der Waals surface area contributed by atoms with Crippen molar-refractivity contribution < 1.29 is 9.59 Å². The predicted molar refractivity (Wildman–Crippen MR) is 118 cm³/mol. The van der Waals surface area contributed by atoms with Crippen molar-refractivity contribution in [3.8, 4) is 0 Å². The average Bonchev–Trinajstić information content (AvgIpc) is 3.00. The standard InChI is InChI=1S/C27H42O2/c1-17(2)7-6-8-18(3)21-9-10-22-20-16-25(29)24-15-19(28)11-13-27(24,5)23(20)12-14-26(21,22)4/h6,8,17-18,20-24H,7,9-16H2,1-5H3. The maximum atomic E-state index is 13.2. The average molecular weight is 399 g/mol. The van der Waals surface area contributed by atoms with E-state index in [1.54, 1.807) is 0 Å². The lowest BCUT2D eigenvalue weighted by atomic mass is 9.44. The van der Waals surface area contributed by atoms with Crippen LogP contribution in [0.4, 0.5) is 0 Å². The van der Waals surface area contributed by atoms with Gasteiger partial charge in [0.1, 0.15) is 11.6 Å². The zero-order valence-corrected chi connectivity index (χ0v) is 19.4. The molecular formula is C27H42O2. The van der Waals surface area contributed by atoms with Gasteiger partial charge in [0.2, 0.25) is 0 Å². The summed E-state index contributed by atoms with van der Waals surface area (Å²) in [5.41, 5.74) is 0.465. The van der Waals surface area contributed by atoms with E-state index in [2.05, 4.69) is 46.8 Å². The largest absolute Gasteiger partial charge is 0.300 e. The predicted octanol–water partition coefficient (Wildman–Crippen LogP) is 6.63. The zero-order valence-electron chi connectivity index (χ0n) is 19.4. The normalized spacial score (nSPS) is 45.9. The third-order valence-corrected chi connectivity index (χ3v) is 10.0. The van der Waals surface area contributed by atoms with Crippen LogP contribution in [-0.4, -0.2) is 11.6 Å². The first-order chi connectivity index (χ1) is 13.7. The fourth-order valence-electron chi connectivity index (χ4n) is 8.44. The highest BCUT2D eigenvalue weighted by Crippen LogP contribution is 2.67. The molecule has 8 unspecified atom stereocenters. The Morgan fingerprint density at radius 2 is 1.69 bits per heavy atom. The smallest absolute Gasteiger partial charge is 0.137 e. The number of carbonyl (C=O) groups is 2. The highest BCUT2D eigenvalue weighted by Gasteiger charge is 2.62. The molecule has 0 radical (unpaired) electrons. The van der Waals surface area contributed by atoms with Crippen LogP contribution in [0.1, 0.15) is 92.4 Å². The Kier molecular flexibility index (Phi) is 5.62. The quantitative estimate of drug-likeness (QED) is 0.498. The summed E-state index contributed by atoms with van der Waals surface area (Å²) >= 11 is 0. The molecule has 0 bridgehead atoms. The molecule has 0 aromatic heterocycles. The van der Waals surface area contributed by atoms with Crippen LogP contribution in [0.2, 0.25) is 0 Å². The van der Waals surface area contributed by atoms with Crippen molar-refractivity contribution in [2.24, 2.45) is 52.3 Å². The Morgan fingerprint density at radius 1 is 0.966 bits per heavy atom. The molecular weight excluding hydrogens is 356 g/mol. The van der Waals surface area contributed by atoms with Gasteiger partial charge in [-0.25, -0.2) is 0 Å². The van der Waals surface area contributed by atoms with E-state index in [4.69, 9.17) is 0 Å². The second-order valence-electron chi connectivity index (χ2n) is 12.0. The van der Waals surface area contributed by atoms with Crippen LogP contribution in [0.15, 0.2) is 12.2 Å². The molecule has 0 saturated heterocycles. The van der Waals surface area contributed by atoms with E-state index >= 15 is 0 Å². The van der Waals surface area contributed by atoms with Crippen molar-refractivity contribution in [2.45, 2.75) is 92.4 Å².